The summed E-state index contributed by atoms with van der Waals surface area (Å²) in [7, 11) is 1.78. The Morgan fingerprint density at radius 3 is 2.77 bits per heavy atom. The van der Waals surface area contributed by atoms with Crippen molar-refractivity contribution in [3.63, 3.8) is 0 Å². The molecule has 4 rings (SSSR count). The van der Waals surface area contributed by atoms with Crippen molar-refractivity contribution in [1.82, 2.24) is 19.9 Å². The second-order valence-electron chi connectivity index (χ2n) is 5.99. The predicted octanol–water partition coefficient (Wildman–Crippen LogP) is 2.58. The average Bonchev–Trinajstić information content (AvgIpc) is 3.13. The molecule has 0 saturated carbocycles. The van der Waals surface area contributed by atoms with E-state index in [1.807, 2.05) is 6.07 Å². The summed E-state index contributed by atoms with van der Waals surface area (Å²) < 4.78 is 29.8. The number of carbonyl (C=O) groups excluding carboxylic acids is 1. The van der Waals surface area contributed by atoms with Gasteiger partial charge in [-0.1, -0.05) is 12.1 Å². The van der Waals surface area contributed by atoms with Gasteiger partial charge in [-0.2, -0.15) is 0 Å². The molecule has 26 heavy (non-hydrogen) atoms. The van der Waals surface area contributed by atoms with E-state index in [0.29, 0.717) is 28.8 Å². The maximum absolute atomic E-state index is 14.6. The highest BCUT2D eigenvalue weighted by Crippen LogP contribution is 2.31. The van der Waals surface area contributed by atoms with Crippen molar-refractivity contribution >= 4 is 22.6 Å². The number of primary amides is 1. The van der Waals surface area contributed by atoms with Crippen molar-refractivity contribution in [2.45, 2.75) is 6.54 Å². The van der Waals surface area contributed by atoms with Crippen LogP contribution in [0.3, 0.4) is 0 Å². The number of hydrogen-bond donors (Lipinski definition) is 3. The summed E-state index contributed by atoms with van der Waals surface area (Å²) in [5.41, 5.74) is 8.04. The standard InChI is InChI=1S/C18H15F2N5O/c1-22-7-9-2-3-11(14(20)4-9)13-8-23-25-16-12(17(21)26)5-10(19)6-15(16)24-18(13)25/h2-6,8,22-23H,7H2,1H3,(H2,21,26). The van der Waals surface area contributed by atoms with Gasteiger partial charge >= 0.3 is 0 Å². The third kappa shape index (κ3) is 2.42. The number of H-pyrrole nitrogens is 1. The first kappa shape index (κ1) is 16.2. The zero-order valence-corrected chi connectivity index (χ0v) is 13.8. The van der Waals surface area contributed by atoms with E-state index in [4.69, 9.17) is 5.73 Å². The fourth-order valence-electron chi connectivity index (χ4n) is 3.15. The van der Waals surface area contributed by atoms with Gasteiger partial charge in [0.05, 0.1) is 11.1 Å². The third-order valence-corrected chi connectivity index (χ3v) is 4.27. The predicted molar refractivity (Wildman–Crippen MR) is 93.7 cm³/mol. The summed E-state index contributed by atoms with van der Waals surface area (Å²) in [4.78, 5) is 16.0. The number of hydrogen-bond acceptors (Lipinski definition) is 3. The van der Waals surface area contributed by atoms with E-state index in [1.165, 1.54) is 16.6 Å². The molecule has 0 radical (unpaired) electrons. The van der Waals surface area contributed by atoms with Gasteiger partial charge in [-0.05, 0) is 24.7 Å². The number of nitrogens with two attached hydrogens (primary N) is 1. The van der Waals surface area contributed by atoms with Gasteiger partial charge in [0.15, 0.2) is 5.65 Å². The highest BCUT2D eigenvalue weighted by molar-refractivity contribution is 6.05. The zero-order chi connectivity index (χ0) is 18.4. The van der Waals surface area contributed by atoms with Crippen molar-refractivity contribution in [3.05, 3.63) is 59.3 Å². The van der Waals surface area contributed by atoms with E-state index in [0.717, 1.165) is 11.6 Å². The number of aromatic amines is 1. The summed E-state index contributed by atoms with van der Waals surface area (Å²) in [6.07, 6.45) is 1.59. The lowest BCUT2D eigenvalue weighted by Crippen LogP contribution is -2.12. The Kier molecular flexibility index (Phi) is 3.69. The maximum atomic E-state index is 14.6. The molecule has 2 aromatic heterocycles. The summed E-state index contributed by atoms with van der Waals surface area (Å²) >= 11 is 0. The zero-order valence-electron chi connectivity index (χ0n) is 13.8. The van der Waals surface area contributed by atoms with Gasteiger partial charge in [0.2, 0.25) is 0 Å². The Balaban J connectivity index is 1.96. The number of fused-ring (bicyclic) bond motifs is 3. The number of nitrogens with one attached hydrogen (secondary N) is 2. The number of halogens is 2. The number of nitrogens with zero attached hydrogens (tertiary/aromatic N) is 2. The normalized spacial score (nSPS) is 11.5. The minimum Gasteiger partial charge on any atom is -0.366 e. The van der Waals surface area contributed by atoms with Crippen LogP contribution in [-0.4, -0.2) is 27.6 Å². The second kappa shape index (κ2) is 5.92. The molecule has 0 aliphatic heterocycles. The molecule has 2 heterocycles. The van der Waals surface area contributed by atoms with Crippen molar-refractivity contribution in [3.8, 4) is 11.1 Å². The summed E-state index contributed by atoms with van der Waals surface area (Å²) in [6, 6.07) is 7.20. The van der Waals surface area contributed by atoms with E-state index in [-0.39, 0.29) is 11.1 Å². The van der Waals surface area contributed by atoms with Crippen LogP contribution in [0.1, 0.15) is 15.9 Å². The summed E-state index contributed by atoms with van der Waals surface area (Å²) in [5, 5.41) is 5.90. The van der Waals surface area contributed by atoms with Crippen LogP contribution >= 0.6 is 0 Å². The van der Waals surface area contributed by atoms with E-state index < -0.39 is 17.5 Å². The number of benzene rings is 2. The topological polar surface area (TPSA) is 88.2 Å². The van der Waals surface area contributed by atoms with Gasteiger partial charge in [0, 0.05) is 29.9 Å². The highest BCUT2D eigenvalue weighted by atomic mass is 19.1. The molecule has 0 fully saturated rings. The van der Waals surface area contributed by atoms with Crippen LogP contribution in [0.2, 0.25) is 0 Å². The van der Waals surface area contributed by atoms with Crippen LogP contribution in [0.15, 0.2) is 36.5 Å². The van der Waals surface area contributed by atoms with E-state index in [1.54, 1.807) is 19.3 Å². The van der Waals surface area contributed by atoms with Crippen LogP contribution in [-0.2, 0) is 6.54 Å². The SMILES string of the molecule is CNCc1ccc(-c2c[nH]n3c2nc2cc(F)cc(C(N)=O)c23)c(F)c1. The number of rotatable bonds is 4. The number of amides is 1. The second-order valence-corrected chi connectivity index (χ2v) is 5.99. The van der Waals surface area contributed by atoms with Crippen molar-refractivity contribution < 1.29 is 13.6 Å². The van der Waals surface area contributed by atoms with E-state index in [9.17, 15) is 13.6 Å². The molecule has 1 amide bonds. The van der Waals surface area contributed by atoms with E-state index >= 15 is 0 Å². The fraction of sp³-hybridized carbons (Fsp3) is 0.111. The molecule has 0 bridgehead atoms. The quantitative estimate of drug-likeness (QED) is 0.526. The molecule has 4 N–H and O–H groups in total. The van der Waals surface area contributed by atoms with Crippen LogP contribution in [0.4, 0.5) is 8.78 Å². The minimum absolute atomic E-state index is 0.00531. The van der Waals surface area contributed by atoms with Gasteiger partial charge in [-0.3, -0.25) is 9.89 Å². The Morgan fingerprint density at radius 1 is 1.27 bits per heavy atom. The van der Waals surface area contributed by atoms with Crippen LogP contribution in [0.5, 0.6) is 0 Å². The lowest BCUT2D eigenvalue weighted by Gasteiger charge is -2.04. The molecule has 4 aromatic rings. The van der Waals surface area contributed by atoms with Gasteiger partial charge in [0.1, 0.15) is 17.2 Å². The maximum Gasteiger partial charge on any atom is 0.251 e. The molecule has 132 valence electrons. The summed E-state index contributed by atoms with van der Waals surface area (Å²) in [6.45, 7) is 0.550. The Morgan fingerprint density at radius 2 is 2.08 bits per heavy atom. The first-order valence-electron chi connectivity index (χ1n) is 7.92. The summed E-state index contributed by atoms with van der Waals surface area (Å²) in [5.74, 6) is -1.78. The lowest BCUT2D eigenvalue weighted by molar-refractivity contribution is 0.100. The van der Waals surface area contributed by atoms with E-state index in [2.05, 4.69) is 15.4 Å². The van der Waals surface area contributed by atoms with Crippen molar-refractivity contribution in [2.75, 3.05) is 7.05 Å². The molecule has 8 heteroatoms. The lowest BCUT2D eigenvalue weighted by atomic mass is 10.1. The smallest absolute Gasteiger partial charge is 0.251 e. The average molecular weight is 355 g/mol. The monoisotopic (exact) mass is 355 g/mol. The third-order valence-electron chi connectivity index (χ3n) is 4.27. The van der Waals surface area contributed by atoms with Crippen LogP contribution in [0.25, 0.3) is 27.8 Å². The number of carbonyl (C=O) groups is 1. The first-order chi connectivity index (χ1) is 12.5. The number of imidazole rings is 1. The molecular formula is C18H15F2N5O. The largest absolute Gasteiger partial charge is 0.366 e. The molecule has 2 aromatic carbocycles. The van der Waals surface area contributed by atoms with Gasteiger partial charge in [0.25, 0.3) is 5.91 Å². The van der Waals surface area contributed by atoms with Gasteiger partial charge in [-0.15, -0.1) is 0 Å². The van der Waals surface area contributed by atoms with Crippen LogP contribution < -0.4 is 11.1 Å². The molecule has 0 atom stereocenters. The Hall–Kier alpha value is -3.26. The fourth-order valence-corrected chi connectivity index (χ4v) is 3.15. The Bertz CT molecular complexity index is 1160. The van der Waals surface area contributed by atoms with Gasteiger partial charge < -0.3 is 11.1 Å². The molecule has 0 aliphatic rings. The molecule has 0 aliphatic carbocycles. The molecule has 0 spiro atoms. The van der Waals surface area contributed by atoms with Crippen molar-refractivity contribution in [2.24, 2.45) is 5.73 Å². The van der Waals surface area contributed by atoms with Crippen molar-refractivity contribution in [1.29, 1.82) is 0 Å². The molecule has 6 nitrogen and oxygen atoms in total. The minimum atomic E-state index is -0.768. The molecule has 0 saturated heterocycles. The highest BCUT2D eigenvalue weighted by Gasteiger charge is 2.20. The molecular weight excluding hydrogens is 340 g/mol. The van der Waals surface area contributed by atoms with Gasteiger partial charge in [-0.25, -0.2) is 18.3 Å². The molecule has 0 unspecified atom stereocenters. The number of aromatic nitrogens is 3. The van der Waals surface area contributed by atoms with Crippen LogP contribution in [0, 0.1) is 11.6 Å². The Labute approximate surface area is 146 Å². The first-order valence-corrected chi connectivity index (χ1v) is 7.92.